The Morgan fingerprint density at radius 1 is 1.31 bits per heavy atom. The SMILES string of the molecule is CCCCc1c(C)nc(SCCC)[nH]c1=O. The molecule has 1 rings (SSSR count). The fourth-order valence-electron chi connectivity index (χ4n) is 1.50. The largest absolute Gasteiger partial charge is 0.301 e. The van der Waals surface area contributed by atoms with Crippen LogP contribution in [0.25, 0.3) is 0 Å². The van der Waals surface area contributed by atoms with Gasteiger partial charge in [-0.15, -0.1) is 0 Å². The van der Waals surface area contributed by atoms with Crippen molar-refractivity contribution < 1.29 is 0 Å². The monoisotopic (exact) mass is 240 g/mol. The van der Waals surface area contributed by atoms with Crippen molar-refractivity contribution in [2.45, 2.75) is 51.6 Å². The summed E-state index contributed by atoms with van der Waals surface area (Å²) >= 11 is 1.61. The maximum absolute atomic E-state index is 11.8. The Morgan fingerprint density at radius 3 is 2.62 bits per heavy atom. The van der Waals surface area contributed by atoms with Gasteiger partial charge < -0.3 is 4.98 Å². The van der Waals surface area contributed by atoms with Crippen LogP contribution in [0.3, 0.4) is 0 Å². The van der Waals surface area contributed by atoms with E-state index in [1.807, 2.05) is 6.92 Å². The number of unbranched alkanes of at least 4 members (excludes halogenated alkanes) is 1. The molecule has 1 heterocycles. The van der Waals surface area contributed by atoms with Gasteiger partial charge in [0, 0.05) is 17.0 Å². The van der Waals surface area contributed by atoms with Gasteiger partial charge in [-0.2, -0.15) is 0 Å². The molecule has 0 aromatic carbocycles. The molecule has 90 valence electrons. The van der Waals surface area contributed by atoms with E-state index in [1.54, 1.807) is 11.8 Å². The molecule has 0 amide bonds. The van der Waals surface area contributed by atoms with Crippen LogP contribution in [0.15, 0.2) is 9.95 Å². The van der Waals surface area contributed by atoms with E-state index in [-0.39, 0.29) is 5.56 Å². The molecule has 0 aliphatic rings. The van der Waals surface area contributed by atoms with Crippen molar-refractivity contribution >= 4 is 11.8 Å². The second kappa shape index (κ2) is 6.74. The van der Waals surface area contributed by atoms with Gasteiger partial charge in [0.15, 0.2) is 5.16 Å². The molecule has 1 aromatic heterocycles. The van der Waals surface area contributed by atoms with Gasteiger partial charge in [0.05, 0.1) is 0 Å². The molecular formula is C12H20N2OS. The maximum atomic E-state index is 11.8. The smallest absolute Gasteiger partial charge is 0.254 e. The summed E-state index contributed by atoms with van der Waals surface area (Å²) in [6, 6.07) is 0. The first-order valence-corrected chi connectivity index (χ1v) is 6.90. The van der Waals surface area contributed by atoms with Crippen LogP contribution in [0.1, 0.15) is 44.4 Å². The van der Waals surface area contributed by atoms with Crippen molar-refractivity contribution in [1.82, 2.24) is 9.97 Å². The van der Waals surface area contributed by atoms with Gasteiger partial charge in [-0.1, -0.05) is 32.0 Å². The van der Waals surface area contributed by atoms with Crippen molar-refractivity contribution in [1.29, 1.82) is 0 Å². The summed E-state index contributed by atoms with van der Waals surface area (Å²) in [6.07, 6.45) is 4.08. The number of H-pyrrole nitrogens is 1. The van der Waals surface area contributed by atoms with E-state index >= 15 is 0 Å². The molecule has 16 heavy (non-hydrogen) atoms. The summed E-state index contributed by atoms with van der Waals surface area (Å²) in [5, 5.41) is 0.754. The predicted molar refractivity (Wildman–Crippen MR) is 69.2 cm³/mol. The molecule has 1 N–H and O–H groups in total. The highest BCUT2D eigenvalue weighted by atomic mass is 32.2. The quantitative estimate of drug-likeness (QED) is 0.614. The Hall–Kier alpha value is -0.770. The fraction of sp³-hybridized carbons (Fsp3) is 0.667. The minimum absolute atomic E-state index is 0.0413. The number of aromatic nitrogens is 2. The second-order valence-electron chi connectivity index (χ2n) is 3.89. The Balaban J connectivity index is 2.85. The van der Waals surface area contributed by atoms with E-state index in [4.69, 9.17) is 0 Å². The highest BCUT2D eigenvalue weighted by Gasteiger charge is 2.07. The van der Waals surface area contributed by atoms with Crippen molar-refractivity contribution in [3.8, 4) is 0 Å². The van der Waals surface area contributed by atoms with Crippen molar-refractivity contribution in [3.63, 3.8) is 0 Å². The molecule has 0 atom stereocenters. The third-order valence-corrected chi connectivity index (χ3v) is 3.50. The molecule has 0 saturated carbocycles. The molecular weight excluding hydrogens is 220 g/mol. The first kappa shape index (κ1) is 13.3. The molecule has 1 aromatic rings. The zero-order chi connectivity index (χ0) is 12.0. The number of aryl methyl sites for hydroxylation is 1. The number of thioether (sulfide) groups is 1. The molecule has 0 aliphatic carbocycles. The zero-order valence-electron chi connectivity index (χ0n) is 10.3. The van der Waals surface area contributed by atoms with E-state index < -0.39 is 0 Å². The van der Waals surface area contributed by atoms with Crippen molar-refractivity contribution in [2.75, 3.05) is 5.75 Å². The lowest BCUT2D eigenvalue weighted by Crippen LogP contribution is -2.17. The Morgan fingerprint density at radius 2 is 2.06 bits per heavy atom. The number of nitrogens with zero attached hydrogens (tertiary/aromatic N) is 1. The molecule has 0 bridgehead atoms. The zero-order valence-corrected chi connectivity index (χ0v) is 11.1. The molecule has 0 spiro atoms. The van der Waals surface area contributed by atoms with Crippen LogP contribution in [0.2, 0.25) is 0 Å². The summed E-state index contributed by atoms with van der Waals surface area (Å²) < 4.78 is 0. The Bertz CT molecular complexity index is 387. The van der Waals surface area contributed by atoms with Gasteiger partial charge in [0.1, 0.15) is 0 Å². The normalized spacial score (nSPS) is 10.7. The topological polar surface area (TPSA) is 45.8 Å². The van der Waals surface area contributed by atoms with Crippen LogP contribution >= 0.6 is 11.8 Å². The van der Waals surface area contributed by atoms with Gasteiger partial charge in [-0.3, -0.25) is 4.79 Å². The van der Waals surface area contributed by atoms with Crippen LogP contribution in [0, 0.1) is 6.92 Å². The minimum Gasteiger partial charge on any atom is -0.301 e. The summed E-state index contributed by atoms with van der Waals surface area (Å²) in [5.41, 5.74) is 1.78. The maximum Gasteiger partial charge on any atom is 0.254 e. The second-order valence-corrected chi connectivity index (χ2v) is 4.97. The van der Waals surface area contributed by atoms with Crippen LogP contribution in [-0.2, 0) is 6.42 Å². The summed E-state index contributed by atoms with van der Waals surface area (Å²) in [4.78, 5) is 19.1. The number of nitrogens with one attached hydrogen (secondary N) is 1. The van der Waals surface area contributed by atoms with E-state index in [2.05, 4.69) is 23.8 Å². The van der Waals surface area contributed by atoms with Gasteiger partial charge in [-0.25, -0.2) is 4.98 Å². The molecule has 0 fully saturated rings. The highest BCUT2D eigenvalue weighted by molar-refractivity contribution is 7.99. The fourth-order valence-corrected chi connectivity index (χ4v) is 2.26. The number of rotatable bonds is 6. The average Bonchev–Trinajstić information content (AvgIpc) is 2.25. The molecule has 3 nitrogen and oxygen atoms in total. The Kier molecular flexibility index (Phi) is 5.60. The van der Waals surface area contributed by atoms with Crippen molar-refractivity contribution in [3.05, 3.63) is 21.6 Å². The third-order valence-electron chi connectivity index (χ3n) is 2.42. The first-order chi connectivity index (χ1) is 7.69. The van der Waals surface area contributed by atoms with Gasteiger partial charge in [0.2, 0.25) is 0 Å². The van der Waals surface area contributed by atoms with E-state index in [0.717, 1.165) is 47.8 Å². The Labute approximate surface area is 101 Å². The van der Waals surface area contributed by atoms with E-state index in [1.165, 1.54) is 0 Å². The first-order valence-electron chi connectivity index (χ1n) is 5.91. The lowest BCUT2D eigenvalue weighted by molar-refractivity contribution is 0.758. The number of aromatic amines is 1. The summed E-state index contributed by atoms with van der Waals surface area (Å²) in [6.45, 7) is 6.17. The summed E-state index contributed by atoms with van der Waals surface area (Å²) in [5.74, 6) is 0.997. The van der Waals surface area contributed by atoms with Crippen LogP contribution in [0.4, 0.5) is 0 Å². The van der Waals surface area contributed by atoms with E-state index in [9.17, 15) is 4.79 Å². The predicted octanol–water partition coefficient (Wildman–Crippen LogP) is 2.92. The average molecular weight is 240 g/mol. The summed E-state index contributed by atoms with van der Waals surface area (Å²) in [7, 11) is 0. The molecule has 4 heteroatoms. The minimum atomic E-state index is 0.0413. The number of hydrogen-bond donors (Lipinski definition) is 1. The highest BCUT2D eigenvalue weighted by Crippen LogP contribution is 2.14. The molecule has 0 saturated heterocycles. The molecule has 0 unspecified atom stereocenters. The number of hydrogen-bond acceptors (Lipinski definition) is 3. The van der Waals surface area contributed by atoms with Crippen LogP contribution < -0.4 is 5.56 Å². The van der Waals surface area contributed by atoms with Crippen molar-refractivity contribution in [2.24, 2.45) is 0 Å². The van der Waals surface area contributed by atoms with Crippen LogP contribution in [0.5, 0.6) is 0 Å². The van der Waals surface area contributed by atoms with Gasteiger partial charge in [-0.05, 0) is 26.2 Å². The lowest BCUT2D eigenvalue weighted by Gasteiger charge is -2.05. The third kappa shape index (κ3) is 3.67. The standard InChI is InChI=1S/C12H20N2OS/c1-4-6-7-10-9(3)13-12(14-11(10)15)16-8-5-2/h4-8H2,1-3H3,(H,13,14,15). The lowest BCUT2D eigenvalue weighted by atomic mass is 10.1. The van der Waals surface area contributed by atoms with E-state index in [0.29, 0.717) is 0 Å². The molecule has 0 radical (unpaired) electrons. The van der Waals surface area contributed by atoms with Crippen LogP contribution in [-0.4, -0.2) is 15.7 Å². The van der Waals surface area contributed by atoms with Gasteiger partial charge >= 0.3 is 0 Å². The van der Waals surface area contributed by atoms with Gasteiger partial charge in [0.25, 0.3) is 5.56 Å². The molecule has 0 aliphatic heterocycles.